The standard InChI is InChI=1S/C12H16O2/c13-11(12-7-4-8-14-12)9-10-5-2-1-3-6-10/h5,7H,1-4,6,8-9H2. The molecule has 0 aromatic heterocycles. The second kappa shape index (κ2) is 4.45. The van der Waals surface area contributed by atoms with Crippen LogP contribution in [0.15, 0.2) is 23.5 Å². The molecule has 0 saturated heterocycles. The first kappa shape index (κ1) is 9.50. The number of carbonyl (C=O) groups excluding carboxylic acids is 1. The summed E-state index contributed by atoms with van der Waals surface area (Å²) in [6.45, 7) is 0.681. The molecule has 0 N–H and O–H groups in total. The third-order valence-electron chi connectivity index (χ3n) is 2.75. The Morgan fingerprint density at radius 3 is 2.86 bits per heavy atom. The summed E-state index contributed by atoms with van der Waals surface area (Å²) in [7, 11) is 0. The van der Waals surface area contributed by atoms with Gasteiger partial charge in [0, 0.05) is 12.8 Å². The van der Waals surface area contributed by atoms with Gasteiger partial charge in [0.05, 0.1) is 6.61 Å². The Hall–Kier alpha value is -1.05. The quantitative estimate of drug-likeness (QED) is 0.643. The van der Waals surface area contributed by atoms with Gasteiger partial charge in [0.25, 0.3) is 0 Å². The number of hydrogen-bond donors (Lipinski definition) is 0. The van der Waals surface area contributed by atoms with Gasteiger partial charge in [-0.1, -0.05) is 11.6 Å². The number of hydrogen-bond acceptors (Lipinski definition) is 2. The summed E-state index contributed by atoms with van der Waals surface area (Å²) in [6.07, 6.45) is 10.3. The Bertz CT molecular complexity index is 287. The zero-order valence-corrected chi connectivity index (χ0v) is 8.42. The Kier molecular flexibility index (Phi) is 3.02. The van der Waals surface area contributed by atoms with E-state index in [0.717, 1.165) is 19.3 Å². The van der Waals surface area contributed by atoms with E-state index in [0.29, 0.717) is 18.8 Å². The van der Waals surface area contributed by atoms with Gasteiger partial charge in [0.15, 0.2) is 5.76 Å². The van der Waals surface area contributed by atoms with Gasteiger partial charge in [-0.3, -0.25) is 4.79 Å². The van der Waals surface area contributed by atoms with Crippen molar-refractivity contribution in [2.75, 3.05) is 6.61 Å². The van der Waals surface area contributed by atoms with Crippen molar-refractivity contribution in [3.05, 3.63) is 23.5 Å². The summed E-state index contributed by atoms with van der Waals surface area (Å²) in [5, 5.41) is 0. The number of ketones is 1. The van der Waals surface area contributed by atoms with E-state index in [9.17, 15) is 4.79 Å². The van der Waals surface area contributed by atoms with E-state index < -0.39 is 0 Å². The minimum Gasteiger partial charge on any atom is -0.490 e. The molecule has 2 aliphatic rings. The molecule has 1 heterocycles. The lowest BCUT2D eigenvalue weighted by Crippen LogP contribution is -2.06. The molecular weight excluding hydrogens is 176 g/mol. The number of Topliss-reactive ketones (excluding diaryl/α,β-unsaturated/α-hetero) is 1. The lowest BCUT2D eigenvalue weighted by molar-refractivity contribution is -0.117. The molecule has 0 amide bonds. The van der Waals surface area contributed by atoms with E-state index in [1.165, 1.54) is 18.4 Å². The lowest BCUT2D eigenvalue weighted by atomic mass is 9.95. The SMILES string of the molecule is O=C(CC1=CCCCC1)C1=CCCO1. The van der Waals surface area contributed by atoms with Gasteiger partial charge in [0.2, 0.25) is 5.78 Å². The number of rotatable bonds is 3. The molecule has 0 fully saturated rings. The predicted octanol–water partition coefficient (Wildman–Crippen LogP) is 2.75. The summed E-state index contributed by atoms with van der Waals surface area (Å²) in [4.78, 5) is 11.7. The van der Waals surface area contributed by atoms with Gasteiger partial charge in [-0.2, -0.15) is 0 Å². The Morgan fingerprint density at radius 2 is 2.21 bits per heavy atom. The van der Waals surface area contributed by atoms with Crippen LogP contribution in [0.2, 0.25) is 0 Å². The van der Waals surface area contributed by atoms with E-state index in [-0.39, 0.29) is 5.78 Å². The molecule has 0 aromatic rings. The zero-order valence-electron chi connectivity index (χ0n) is 8.42. The summed E-state index contributed by atoms with van der Waals surface area (Å²) < 4.78 is 5.24. The smallest absolute Gasteiger partial charge is 0.201 e. The van der Waals surface area contributed by atoms with E-state index in [2.05, 4.69) is 6.08 Å². The number of carbonyl (C=O) groups is 1. The number of allylic oxidation sites excluding steroid dienone is 3. The topological polar surface area (TPSA) is 26.3 Å². The Labute approximate surface area is 84.6 Å². The van der Waals surface area contributed by atoms with Crippen LogP contribution in [0.1, 0.15) is 38.5 Å². The highest BCUT2D eigenvalue weighted by Gasteiger charge is 2.16. The molecule has 2 heteroatoms. The van der Waals surface area contributed by atoms with Crippen LogP contribution in [0.3, 0.4) is 0 Å². The highest BCUT2D eigenvalue weighted by Crippen LogP contribution is 2.22. The van der Waals surface area contributed by atoms with Gasteiger partial charge < -0.3 is 4.74 Å². The third kappa shape index (κ3) is 2.25. The molecule has 0 unspecified atom stereocenters. The van der Waals surface area contributed by atoms with E-state index >= 15 is 0 Å². The first-order valence-corrected chi connectivity index (χ1v) is 5.40. The Balaban J connectivity index is 1.90. The molecule has 0 atom stereocenters. The van der Waals surface area contributed by atoms with Crippen molar-refractivity contribution in [3.8, 4) is 0 Å². The number of ether oxygens (including phenoxy) is 1. The van der Waals surface area contributed by atoms with Crippen LogP contribution < -0.4 is 0 Å². The minimum absolute atomic E-state index is 0.163. The second-order valence-corrected chi connectivity index (χ2v) is 3.91. The van der Waals surface area contributed by atoms with Gasteiger partial charge in [-0.05, 0) is 31.8 Å². The highest BCUT2D eigenvalue weighted by atomic mass is 16.5. The third-order valence-corrected chi connectivity index (χ3v) is 2.75. The molecule has 0 spiro atoms. The molecule has 76 valence electrons. The van der Waals surface area contributed by atoms with E-state index in [1.54, 1.807) is 0 Å². The van der Waals surface area contributed by atoms with E-state index in [1.807, 2.05) is 6.08 Å². The largest absolute Gasteiger partial charge is 0.490 e. The molecule has 1 aliphatic heterocycles. The van der Waals surface area contributed by atoms with Crippen LogP contribution in [0.5, 0.6) is 0 Å². The maximum absolute atomic E-state index is 11.7. The summed E-state index contributed by atoms with van der Waals surface area (Å²) >= 11 is 0. The summed E-state index contributed by atoms with van der Waals surface area (Å²) in [6, 6.07) is 0. The van der Waals surface area contributed by atoms with Crippen molar-refractivity contribution >= 4 is 5.78 Å². The van der Waals surface area contributed by atoms with Crippen LogP contribution in [-0.4, -0.2) is 12.4 Å². The van der Waals surface area contributed by atoms with E-state index in [4.69, 9.17) is 4.74 Å². The average Bonchev–Trinajstić information content (AvgIpc) is 2.72. The minimum atomic E-state index is 0.163. The molecular formula is C12H16O2. The summed E-state index contributed by atoms with van der Waals surface area (Å²) in [5.41, 5.74) is 1.30. The van der Waals surface area contributed by atoms with Crippen molar-refractivity contribution in [3.63, 3.8) is 0 Å². The van der Waals surface area contributed by atoms with Gasteiger partial charge in [0.1, 0.15) is 0 Å². The fraction of sp³-hybridized carbons (Fsp3) is 0.583. The van der Waals surface area contributed by atoms with Crippen molar-refractivity contribution in [1.29, 1.82) is 0 Å². The van der Waals surface area contributed by atoms with Crippen LogP contribution in [-0.2, 0) is 9.53 Å². The molecule has 0 radical (unpaired) electrons. The lowest BCUT2D eigenvalue weighted by Gasteiger charge is -2.11. The fourth-order valence-electron chi connectivity index (χ4n) is 1.97. The monoisotopic (exact) mass is 192 g/mol. The molecule has 2 nitrogen and oxygen atoms in total. The van der Waals surface area contributed by atoms with Gasteiger partial charge >= 0.3 is 0 Å². The summed E-state index contributed by atoms with van der Waals surface area (Å²) in [5.74, 6) is 0.757. The first-order chi connectivity index (χ1) is 6.86. The maximum Gasteiger partial charge on any atom is 0.201 e. The first-order valence-electron chi connectivity index (χ1n) is 5.40. The van der Waals surface area contributed by atoms with Crippen molar-refractivity contribution < 1.29 is 9.53 Å². The van der Waals surface area contributed by atoms with Crippen LogP contribution in [0.4, 0.5) is 0 Å². The molecule has 0 bridgehead atoms. The highest BCUT2D eigenvalue weighted by molar-refractivity contribution is 5.95. The molecule has 2 rings (SSSR count). The van der Waals surface area contributed by atoms with Gasteiger partial charge in [-0.25, -0.2) is 0 Å². The van der Waals surface area contributed by atoms with Crippen molar-refractivity contribution in [2.45, 2.75) is 38.5 Å². The normalized spacial score (nSPS) is 21.1. The molecule has 14 heavy (non-hydrogen) atoms. The molecule has 0 saturated carbocycles. The van der Waals surface area contributed by atoms with Crippen molar-refractivity contribution in [1.82, 2.24) is 0 Å². The fourth-order valence-corrected chi connectivity index (χ4v) is 1.97. The van der Waals surface area contributed by atoms with Crippen LogP contribution in [0, 0.1) is 0 Å². The molecule has 1 aliphatic carbocycles. The maximum atomic E-state index is 11.7. The predicted molar refractivity (Wildman–Crippen MR) is 54.8 cm³/mol. The van der Waals surface area contributed by atoms with Crippen LogP contribution in [0.25, 0.3) is 0 Å². The van der Waals surface area contributed by atoms with Crippen molar-refractivity contribution in [2.24, 2.45) is 0 Å². The van der Waals surface area contributed by atoms with Gasteiger partial charge in [-0.15, -0.1) is 0 Å². The molecule has 0 aromatic carbocycles. The zero-order chi connectivity index (χ0) is 9.80. The second-order valence-electron chi connectivity index (χ2n) is 3.91. The average molecular weight is 192 g/mol. The van der Waals surface area contributed by atoms with Crippen LogP contribution >= 0.6 is 0 Å². The Morgan fingerprint density at radius 1 is 1.29 bits per heavy atom.